The second-order valence-electron chi connectivity index (χ2n) is 9.90. The molecule has 182 valence electrons. The highest BCUT2D eigenvalue weighted by molar-refractivity contribution is 7.10. The Hall–Kier alpha value is -1.11. The van der Waals surface area contributed by atoms with Gasteiger partial charge in [0.25, 0.3) is 0 Å². The van der Waals surface area contributed by atoms with Crippen LogP contribution in [0.1, 0.15) is 81.4 Å². The van der Waals surface area contributed by atoms with Crippen molar-refractivity contribution in [3.8, 4) is 0 Å². The molecule has 0 aromatic carbocycles. The zero-order chi connectivity index (χ0) is 22.6. The molecule has 2 fully saturated rings. The molecule has 1 aromatic heterocycles. The van der Waals surface area contributed by atoms with Crippen molar-refractivity contribution in [2.75, 3.05) is 40.4 Å². The van der Waals surface area contributed by atoms with Crippen molar-refractivity contribution in [3.05, 3.63) is 22.4 Å². The Labute approximate surface area is 199 Å². The lowest BCUT2D eigenvalue weighted by atomic mass is 9.81. The molecule has 1 aliphatic heterocycles. The number of hydrogen-bond donors (Lipinski definition) is 2. The molecule has 1 saturated carbocycles. The Morgan fingerprint density at radius 1 is 1.22 bits per heavy atom. The average Bonchev–Trinajstić information content (AvgIpc) is 3.34. The molecule has 0 radical (unpaired) electrons. The maximum absolute atomic E-state index is 13.3. The van der Waals surface area contributed by atoms with Crippen LogP contribution in [0.15, 0.2) is 17.5 Å². The van der Waals surface area contributed by atoms with Crippen molar-refractivity contribution in [1.29, 1.82) is 0 Å². The van der Waals surface area contributed by atoms with Gasteiger partial charge in [0.15, 0.2) is 0 Å². The molecule has 1 saturated heterocycles. The van der Waals surface area contributed by atoms with Gasteiger partial charge < -0.3 is 20.3 Å². The Kier molecular flexibility index (Phi) is 11.3. The SMILES string of the molecule is CNCC(CC1CCCCC1)NC(=O)N1CCC[C@@H]([C@@H](CCCCOC)c2cccs2)C1. The predicted molar refractivity (Wildman–Crippen MR) is 135 cm³/mol. The van der Waals surface area contributed by atoms with E-state index in [1.165, 1.54) is 56.2 Å². The van der Waals surface area contributed by atoms with Crippen LogP contribution in [0.25, 0.3) is 0 Å². The van der Waals surface area contributed by atoms with Gasteiger partial charge in [-0.2, -0.15) is 0 Å². The van der Waals surface area contributed by atoms with Gasteiger partial charge in [-0.05, 0) is 68.4 Å². The number of likely N-dealkylation sites (N-methyl/N-ethyl adjacent to an activating group) is 1. The molecule has 3 rings (SSSR count). The van der Waals surface area contributed by atoms with Crippen LogP contribution in [0.2, 0.25) is 0 Å². The van der Waals surface area contributed by atoms with Crippen LogP contribution in [-0.2, 0) is 4.74 Å². The van der Waals surface area contributed by atoms with Gasteiger partial charge in [-0.15, -0.1) is 11.3 Å². The molecule has 5 nitrogen and oxygen atoms in total. The summed E-state index contributed by atoms with van der Waals surface area (Å²) in [5.74, 6) is 1.88. The minimum absolute atomic E-state index is 0.148. The van der Waals surface area contributed by atoms with Crippen molar-refractivity contribution < 1.29 is 9.53 Å². The molecule has 1 aliphatic carbocycles. The number of rotatable bonds is 12. The fourth-order valence-electron chi connectivity index (χ4n) is 5.78. The highest BCUT2D eigenvalue weighted by atomic mass is 32.1. The number of thiophene rings is 1. The van der Waals surface area contributed by atoms with E-state index in [4.69, 9.17) is 4.74 Å². The van der Waals surface area contributed by atoms with E-state index in [1.807, 2.05) is 18.4 Å². The number of unbranched alkanes of at least 4 members (excludes halogenated alkanes) is 1. The lowest BCUT2D eigenvalue weighted by molar-refractivity contribution is 0.147. The van der Waals surface area contributed by atoms with Crippen LogP contribution in [0.5, 0.6) is 0 Å². The van der Waals surface area contributed by atoms with Gasteiger partial charge in [0.2, 0.25) is 0 Å². The average molecular weight is 464 g/mol. The molecule has 32 heavy (non-hydrogen) atoms. The quantitative estimate of drug-likeness (QED) is 0.395. The summed E-state index contributed by atoms with van der Waals surface area (Å²) in [6.45, 7) is 3.47. The molecular weight excluding hydrogens is 418 g/mol. The standard InChI is InChI=1S/C26H45N3O2S/c1-27-19-23(18-21-10-4-3-5-11-21)28-26(30)29-15-8-12-22(20-29)24(13-6-7-16-31-2)25-14-9-17-32-25/h9,14,17,21-24,27H,3-8,10-13,15-16,18-20H2,1-2H3,(H,28,30)/t22-,23?,24-/m1/s1. The van der Waals surface area contributed by atoms with Crippen molar-refractivity contribution in [3.63, 3.8) is 0 Å². The topological polar surface area (TPSA) is 53.6 Å². The number of nitrogens with zero attached hydrogens (tertiary/aromatic N) is 1. The second-order valence-corrected chi connectivity index (χ2v) is 10.9. The molecule has 6 heteroatoms. The van der Waals surface area contributed by atoms with Gasteiger partial charge in [-0.3, -0.25) is 0 Å². The van der Waals surface area contributed by atoms with Crippen molar-refractivity contribution >= 4 is 17.4 Å². The summed E-state index contributed by atoms with van der Waals surface area (Å²) in [7, 11) is 3.77. The number of hydrogen-bond acceptors (Lipinski definition) is 4. The summed E-state index contributed by atoms with van der Waals surface area (Å²) in [6, 6.07) is 4.84. The van der Waals surface area contributed by atoms with E-state index in [1.54, 1.807) is 7.11 Å². The highest BCUT2D eigenvalue weighted by Crippen LogP contribution is 2.38. The van der Waals surface area contributed by atoms with Crippen LogP contribution in [0.3, 0.4) is 0 Å². The number of ether oxygens (including phenoxy) is 1. The zero-order valence-electron chi connectivity index (χ0n) is 20.3. The molecule has 1 unspecified atom stereocenters. The first-order valence-electron chi connectivity index (χ1n) is 12.9. The van der Waals surface area contributed by atoms with Crippen molar-refractivity contribution in [2.24, 2.45) is 11.8 Å². The lowest BCUT2D eigenvalue weighted by Crippen LogP contribution is -2.51. The Bertz CT molecular complexity index is 633. The zero-order valence-corrected chi connectivity index (χ0v) is 21.1. The van der Waals surface area contributed by atoms with Crippen LogP contribution in [0, 0.1) is 11.8 Å². The van der Waals surface area contributed by atoms with Gasteiger partial charge in [0.1, 0.15) is 0 Å². The molecule has 2 amide bonds. The third-order valence-electron chi connectivity index (χ3n) is 7.46. The van der Waals surface area contributed by atoms with E-state index in [0.717, 1.165) is 51.4 Å². The minimum Gasteiger partial charge on any atom is -0.385 e. The molecule has 2 heterocycles. The summed E-state index contributed by atoms with van der Waals surface area (Å²) in [4.78, 5) is 16.8. The van der Waals surface area contributed by atoms with Gasteiger partial charge in [-0.25, -0.2) is 4.79 Å². The summed E-state index contributed by atoms with van der Waals surface area (Å²) in [6.07, 6.45) is 13.7. The molecule has 2 aliphatic rings. The van der Waals surface area contributed by atoms with E-state index < -0.39 is 0 Å². The van der Waals surface area contributed by atoms with Crippen LogP contribution < -0.4 is 10.6 Å². The van der Waals surface area contributed by atoms with Crippen molar-refractivity contribution in [2.45, 2.75) is 82.6 Å². The van der Waals surface area contributed by atoms with Crippen LogP contribution in [-0.4, -0.2) is 57.4 Å². The number of urea groups is 1. The van der Waals surface area contributed by atoms with Gasteiger partial charge in [-0.1, -0.05) is 44.6 Å². The molecular formula is C26H45N3O2S. The number of amides is 2. The second kappa shape index (κ2) is 14.2. The molecule has 0 spiro atoms. The molecule has 0 bridgehead atoms. The third-order valence-corrected chi connectivity index (χ3v) is 8.46. The first kappa shape index (κ1) is 25.5. The minimum atomic E-state index is 0.148. The summed E-state index contributed by atoms with van der Waals surface area (Å²) < 4.78 is 5.26. The van der Waals surface area contributed by atoms with E-state index in [-0.39, 0.29) is 12.1 Å². The Morgan fingerprint density at radius 2 is 2.06 bits per heavy atom. The lowest BCUT2D eigenvalue weighted by Gasteiger charge is -2.38. The van der Waals surface area contributed by atoms with E-state index in [2.05, 4.69) is 33.0 Å². The van der Waals surface area contributed by atoms with Gasteiger partial charge in [0, 0.05) is 44.3 Å². The van der Waals surface area contributed by atoms with Crippen LogP contribution >= 0.6 is 11.3 Å². The molecule has 1 aromatic rings. The largest absolute Gasteiger partial charge is 0.385 e. The van der Waals surface area contributed by atoms with Crippen LogP contribution in [0.4, 0.5) is 4.79 Å². The van der Waals surface area contributed by atoms with E-state index in [9.17, 15) is 4.79 Å². The fraction of sp³-hybridized carbons (Fsp3) is 0.808. The predicted octanol–water partition coefficient (Wildman–Crippen LogP) is 5.63. The first-order valence-corrected chi connectivity index (χ1v) is 13.8. The summed E-state index contributed by atoms with van der Waals surface area (Å²) in [5.41, 5.74) is 0. The maximum atomic E-state index is 13.3. The first-order chi connectivity index (χ1) is 15.7. The summed E-state index contributed by atoms with van der Waals surface area (Å²) in [5, 5.41) is 8.90. The third kappa shape index (κ3) is 8.03. The number of likely N-dealkylation sites (tertiary alicyclic amines) is 1. The highest BCUT2D eigenvalue weighted by Gasteiger charge is 2.31. The van der Waals surface area contributed by atoms with Gasteiger partial charge >= 0.3 is 6.03 Å². The number of carbonyl (C=O) groups excluding carboxylic acids is 1. The molecule has 2 N–H and O–H groups in total. The number of nitrogens with one attached hydrogen (secondary N) is 2. The number of carbonyl (C=O) groups is 1. The van der Waals surface area contributed by atoms with Crippen molar-refractivity contribution in [1.82, 2.24) is 15.5 Å². The summed E-state index contributed by atoms with van der Waals surface area (Å²) >= 11 is 1.88. The monoisotopic (exact) mass is 463 g/mol. The number of piperidine rings is 1. The number of methoxy groups -OCH3 is 1. The fourth-order valence-corrected chi connectivity index (χ4v) is 6.73. The molecule has 3 atom stereocenters. The maximum Gasteiger partial charge on any atom is 0.317 e. The normalized spacial score (nSPS) is 21.9. The Morgan fingerprint density at radius 3 is 2.78 bits per heavy atom. The van der Waals surface area contributed by atoms with E-state index >= 15 is 0 Å². The Balaban J connectivity index is 1.56. The smallest absolute Gasteiger partial charge is 0.317 e. The van der Waals surface area contributed by atoms with Gasteiger partial charge in [0.05, 0.1) is 0 Å². The van der Waals surface area contributed by atoms with E-state index in [0.29, 0.717) is 11.8 Å².